The third kappa shape index (κ3) is 5.67. The summed E-state index contributed by atoms with van der Waals surface area (Å²) >= 11 is 19.4. The van der Waals surface area contributed by atoms with E-state index in [-0.39, 0.29) is 11.4 Å². The van der Waals surface area contributed by atoms with Crippen LogP contribution in [0.15, 0.2) is 12.1 Å². The van der Waals surface area contributed by atoms with Crippen molar-refractivity contribution in [1.82, 2.24) is 0 Å². The highest BCUT2D eigenvalue weighted by Crippen LogP contribution is 2.61. The number of Topliss-reactive ketones (excluding diaryl/α,β-unsaturated/α-hetero) is 1. The van der Waals surface area contributed by atoms with Gasteiger partial charge in [0.25, 0.3) is 5.91 Å². The molecule has 0 aromatic heterocycles. The minimum absolute atomic E-state index is 0.0709. The molecule has 4 nitrogen and oxygen atoms in total. The summed E-state index contributed by atoms with van der Waals surface area (Å²) in [4.78, 5) is 21.9. The van der Waals surface area contributed by atoms with Crippen molar-refractivity contribution in [3.05, 3.63) is 28.5 Å². The van der Waals surface area contributed by atoms with E-state index in [1.807, 2.05) is 0 Å². The van der Waals surface area contributed by atoms with Crippen LogP contribution in [0.25, 0.3) is 0 Å². The summed E-state index contributed by atoms with van der Waals surface area (Å²) < 4.78 is 22.5. The molecule has 0 atom stereocenters. The van der Waals surface area contributed by atoms with Gasteiger partial charge in [0.05, 0.1) is 5.02 Å². The van der Waals surface area contributed by atoms with Crippen LogP contribution in [0.2, 0.25) is 5.02 Å². The number of carbonyl (C=O) groups is 2. The largest absolute Gasteiger partial charge is 0.339 e. The van der Waals surface area contributed by atoms with Crippen molar-refractivity contribution in [2.75, 3.05) is 5.32 Å². The molecule has 0 unspecified atom stereocenters. The van der Waals surface area contributed by atoms with Crippen LogP contribution in [-0.4, -0.2) is 11.7 Å². The molecule has 0 radical (unpaired) electrons. The molecule has 1 aliphatic heterocycles. The first kappa shape index (κ1) is 16.7. The molecule has 10 heteroatoms. The molecule has 0 fully saturated rings. The summed E-state index contributed by atoms with van der Waals surface area (Å²) in [6.45, 7) is 0. The SMILES string of the molecule is O=C1Cc2cc(F)c(Cl)cc2NC1=O.O=P(Cl)(Cl)Cl. The minimum atomic E-state index is -3.22. The maximum atomic E-state index is 13.0. The maximum absolute atomic E-state index is 13.0. The molecule has 0 spiro atoms. The highest BCUT2D eigenvalue weighted by atomic mass is 36.0. The lowest BCUT2D eigenvalue weighted by Gasteiger charge is -2.15. The summed E-state index contributed by atoms with van der Waals surface area (Å²) in [5.74, 6) is -1.84. The molecule has 0 aliphatic carbocycles. The fourth-order valence-electron chi connectivity index (χ4n) is 1.30. The van der Waals surface area contributed by atoms with Crippen molar-refractivity contribution in [2.45, 2.75) is 6.42 Å². The Kier molecular flexibility index (Phi) is 5.65. The molecule has 104 valence electrons. The van der Waals surface area contributed by atoms with Crippen molar-refractivity contribution < 1.29 is 18.5 Å². The van der Waals surface area contributed by atoms with Gasteiger partial charge < -0.3 is 5.32 Å². The summed E-state index contributed by atoms with van der Waals surface area (Å²) in [6.07, 6.45) is -0.0742. The predicted octanol–water partition coefficient (Wildman–Crippen LogP) is 4.35. The second-order valence-electron chi connectivity index (χ2n) is 3.38. The zero-order chi connectivity index (χ0) is 14.8. The second-order valence-corrected chi connectivity index (χ2v) is 10.4. The zero-order valence-corrected chi connectivity index (χ0v) is 12.8. The van der Waals surface area contributed by atoms with Crippen LogP contribution in [0.5, 0.6) is 0 Å². The molecule has 19 heavy (non-hydrogen) atoms. The molecule has 1 aromatic carbocycles. The van der Waals surface area contributed by atoms with Crippen LogP contribution in [0.4, 0.5) is 10.1 Å². The molecule has 1 N–H and O–H groups in total. The Bertz CT molecular complexity index is 540. The number of halogens is 5. The zero-order valence-electron chi connectivity index (χ0n) is 8.92. The van der Waals surface area contributed by atoms with Gasteiger partial charge in [-0.15, -0.1) is 0 Å². The Morgan fingerprint density at radius 3 is 2.26 bits per heavy atom. The van der Waals surface area contributed by atoms with Crippen molar-refractivity contribution in [1.29, 1.82) is 0 Å². The van der Waals surface area contributed by atoms with E-state index in [1.54, 1.807) is 0 Å². The van der Waals surface area contributed by atoms with E-state index in [0.29, 0.717) is 11.3 Å². The van der Waals surface area contributed by atoms with Crippen molar-refractivity contribution in [2.24, 2.45) is 0 Å². The third-order valence-corrected chi connectivity index (χ3v) is 2.29. The van der Waals surface area contributed by atoms with E-state index in [4.69, 9.17) is 11.6 Å². The summed E-state index contributed by atoms with van der Waals surface area (Å²) in [6, 6.07) is 2.46. The molecule has 1 aliphatic rings. The first-order chi connectivity index (χ1) is 8.58. The van der Waals surface area contributed by atoms with Gasteiger partial charge in [0.1, 0.15) is 5.82 Å². The van der Waals surface area contributed by atoms with E-state index >= 15 is 0 Å². The lowest BCUT2D eigenvalue weighted by Crippen LogP contribution is -2.29. The first-order valence-corrected chi connectivity index (χ1v) is 9.39. The van der Waals surface area contributed by atoms with Gasteiger partial charge in [0.15, 0.2) is 0 Å². The van der Waals surface area contributed by atoms with Crippen LogP contribution >= 0.6 is 50.5 Å². The topological polar surface area (TPSA) is 63.2 Å². The quantitative estimate of drug-likeness (QED) is 0.548. The molecule has 1 amide bonds. The number of hydrogen-bond donors (Lipinski definition) is 1. The van der Waals surface area contributed by atoms with Crippen LogP contribution in [-0.2, 0) is 20.6 Å². The van der Waals surface area contributed by atoms with Crippen molar-refractivity contribution in [3.63, 3.8) is 0 Å². The van der Waals surface area contributed by atoms with E-state index in [9.17, 15) is 18.5 Å². The molecular formula is C9H5Cl4FNO3P. The third-order valence-electron chi connectivity index (χ3n) is 2.00. The number of rotatable bonds is 0. The smallest absolute Gasteiger partial charge is 0.319 e. The number of nitrogens with one attached hydrogen (secondary N) is 1. The number of benzene rings is 1. The maximum Gasteiger partial charge on any atom is 0.339 e. The number of fused-ring (bicyclic) bond motifs is 1. The van der Waals surface area contributed by atoms with E-state index in [0.717, 1.165) is 6.07 Å². The Labute approximate surface area is 126 Å². The summed E-state index contributed by atoms with van der Waals surface area (Å²) in [5, 5.41) is -0.955. The highest BCUT2D eigenvalue weighted by molar-refractivity contribution is 8.24. The van der Waals surface area contributed by atoms with Gasteiger partial charge in [-0.2, -0.15) is 0 Å². The lowest BCUT2D eigenvalue weighted by molar-refractivity contribution is -0.134. The number of ketones is 1. The van der Waals surface area contributed by atoms with Crippen LogP contribution in [0.3, 0.4) is 0 Å². The molecule has 0 saturated heterocycles. The van der Waals surface area contributed by atoms with Crippen LogP contribution < -0.4 is 5.32 Å². The van der Waals surface area contributed by atoms with Gasteiger partial charge in [-0.3, -0.25) is 14.2 Å². The number of amides is 1. The molecule has 1 heterocycles. The second kappa shape index (κ2) is 6.42. The van der Waals surface area contributed by atoms with Gasteiger partial charge in [-0.05, 0) is 51.4 Å². The summed E-state index contributed by atoms with van der Waals surface area (Å²) in [5.41, 5.74) is 0.859. The molecule has 0 bridgehead atoms. The lowest BCUT2D eigenvalue weighted by atomic mass is 10.0. The average Bonchev–Trinajstić information content (AvgIpc) is 2.21. The number of anilines is 1. The Morgan fingerprint density at radius 2 is 1.74 bits per heavy atom. The number of carbonyl (C=O) groups excluding carboxylic acids is 2. The first-order valence-electron chi connectivity index (χ1n) is 4.59. The standard InChI is InChI=1S/C9H5ClFNO2.Cl3OP/c10-5-3-7-4(1-6(5)11)2-8(13)9(14)12-7;1-5(2,3)4/h1,3H,2H2,(H,12,14);. The van der Waals surface area contributed by atoms with Crippen LogP contribution in [0, 0.1) is 5.82 Å². The summed E-state index contributed by atoms with van der Waals surface area (Å²) in [7, 11) is 0. The molecule has 0 saturated carbocycles. The number of hydrogen-bond acceptors (Lipinski definition) is 3. The fourth-order valence-corrected chi connectivity index (χ4v) is 1.46. The van der Waals surface area contributed by atoms with Gasteiger partial charge in [0, 0.05) is 12.1 Å². The molecule has 2 rings (SSSR count). The van der Waals surface area contributed by atoms with Gasteiger partial charge in [0.2, 0.25) is 5.78 Å². The van der Waals surface area contributed by atoms with Gasteiger partial charge in [-0.25, -0.2) is 4.39 Å². The Morgan fingerprint density at radius 1 is 1.21 bits per heavy atom. The monoisotopic (exact) mass is 365 g/mol. The van der Waals surface area contributed by atoms with Gasteiger partial charge >= 0.3 is 5.20 Å². The van der Waals surface area contributed by atoms with Crippen molar-refractivity contribution >= 4 is 67.9 Å². The van der Waals surface area contributed by atoms with Crippen molar-refractivity contribution in [3.8, 4) is 0 Å². The Balaban J connectivity index is 0.000000312. The van der Waals surface area contributed by atoms with E-state index < -0.39 is 22.7 Å². The molecular weight excluding hydrogens is 362 g/mol. The Hall–Kier alpha value is -0.320. The predicted molar refractivity (Wildman–Crippen MR) is 73.9 cm³/mol. The minimum Gasteiger partial charge on any atom is -0.319 e. The van der Waals surface area contributed by atoms with E-state index in [1.165, 1.54) is 6.07 Å². The average molecular weight is 367 g/mol. The van der Waals surface area contributed by atoms with E-state index in [2.05, 4.69) is 39.0 Å². The fraction of sp³-hybridized carbons (Fsp3) is 0.111. The normalized spacial score (nSPS) is 14.2. The molecule has 1 aromatic rings. The van der Waals surface area contributed by atoms with Gasteiger partial charge in [-0.1, -0.05) is 11.6 Å². The van der Waals surface area contributed by atoms with Crippen LogP contribution in [0.1, 0.15) is 5.56 Å². The highest BCUT2D eigenvalue weighted by Gasteiger charge is 2.24.